The first kappa shape index (κ1) is 21.7. The maximum atomic E-state index is 12.3. The zero-order valence-corrected chi connectivity index (χ0v) is 15.9. The molecule has 6 heteroatoms. The van der Waals surface area contributed by atoms with Crippen LogP contribution in [0.15, 0.2) is 0 Å². The van der Waals surface area contributed by atoms with Crippen LogP contribution in [-0.2, 0) is 9.53 Å². The SMILES string of the molecule is CCCNC(=O)CCNCCN(C(=O)OC(C)(C)C)C(C)(C)C. The molecule has 0 unspecified atom stereocenters. The summed E-state index contributed by atoms with van der Waals surface area (Å²) in [5, 5.41) is 6.04. The van der Waals surface area contributed by atoms with Crippen molar-refractivity contribution in [1.29, 1.82) is 0 Å². The van der Waals surface area contributed by atoms with Crippen LogP contribution in [0.25, 0.3) is 0 Å². The van der Waals surface area contributed by atoms with Gasteiger partial charge in [0.25, 0.3) is 0 Å². The Morgan fingerprint density at radius 3 is 2.09 bits per heavy atom. The van der Waals surface area contributed by atoms with E-state index in [1.165, 1.54) is 0 Å². The van der Waals surface area contributed by atoms with E-state index in [1.54, 1.807) is 4.90 Å². The zero-order chi connectivity index (χ0) is 18.1. The van der Waals surface area contributed by atoms with Crippen LogP contribution in [0.4, 0.5) is 4.79 Å². The van der Waals surface area contributed by atoms with Crippen LogP contribution in [0.1, 0.15) is 61.3 Å². The fourth-order valence-corrected chi connectivity index (χ4v) is 1.89. The maximum Gasteiger partial charge on any atom is 0.410 e. The van der Waals surface area contributed by atoms with Crippen molar-refractivity contribution in [1.82, 2.24) is 15.5 Å². The van der Waals surface area contributed by atoms with Crippen molar-refractivity contribution in [3.05, 3.63) is 0 Å². The lowest BCUT2D eigenvalue weighted by atomic mass is 10.1. The summed E-state index contributed by atoms with van der Waals surface area (Å²) in [7, 11) is 0. The molecule has 23 heavy (non-hydrogen) atoms. The van der Waals surface area contributed by atoms with Crippen LogP contribution in [0.5, 0.6) is 0 Å². The Morgan fingerprint density at radius 2 is 1.61 bits per heavy atom. The Morgan fingerprint density at radius 1 is 1.00 bits per heavy atom. The van der Waals surface area contributed by atoms with E-state index in [4.69, 9.17) is 4.74 Å². The van der Waals surface area contributed by atoms with Gasteiger partial charge in [-0.15, -0.1) is 0 Å². The molecule has 0 bridgehead atoms. The molecule has 0 rings (SSSR count). The second-order valence-electron chi connectivity index (χ2n) is 7.65. The Hall–Kier alpha value is -1.30. The highest BCUT2D eigenvalue weighted by molar-refractivity contribution is 5.76. The van der Waals surface area contributed by atoms with Gasteiger partial charge in [0.15, 0.2) is 0 Å². The number of ether oxygens (including phenoxy) is 1. The Bertz CT molecular complexity index is 370. The number of hydrogen-bond acceptors (Lipinski definition) is 4. The van der Waals surface area contributed by atoms with E-state index in [2.05, 4.69) is 10.6 Å². The van der Waals surface area contributed by atoms with Crippen LogP contribution in [0.2, 0.25) is 0 Å². The topological polar surface area (TPSA) is 70.7 Å². The van der Waals surface area contributed by atoms with Crippen molar-refractivity contribution >= 4 is 12.0 Å². The average molecular weight is 329 g/mol. The predicted octanol–water partition coefficient (Wildman–Crippen LogP) is 2.53. The zero-order valence-electron chi connectivity index (χ0n) is 15.9. The van der Waals surface area contributed by atoms with Crippen molar-refractivity contribution in [3.63, 3.8) is 0 Å². The smallest absolute Gasteiger partial charge is 0.410 e. The first-order valence-electron chi connectivity index (χ1n) is 8.45. The van der Waals surface area contributed by atoms with Crippen LogP contribution >= 0.6 is 0 Å². The lowest BCUT2D eigenvalue weighted by Crippen LogP contribution is -2.50. The maximum absolute atomic E-state index is 12.3. The number of carbonyl (C=O) groups excluding carboxylic acids is 2. The number of amides is 2. The summed E-state index contributed by atoms with van der Waals surface area (Å²) in [6.45, 7) is 16.0. The van der Waals surface area contributed by atoms with E-state index in [1.807, 2.05) is 48.5 Å². The molecule has 0 spiro atoms. The van der Waals surface area contributed by atoms with Gasteiger partial charge in [-0.25, -0.2) is 4.79 Å². The summed E-state index contributed by atoms with van der Waals surface area (Å²) in [6.07, 6.45) is 1.07. The molecule has 0 aromatic heterocycles. The van der Waals surface area contributed by atoms with Crippen molar-refractivity contribution in [2.75, 3.05) is 26.2 Å². The van der Waals surface area contributed by atoms with Gasteiger partial charge in [0.05, 0.1) is 0 Å². The standard InChI is InChI=1S/C17H35N3O3/c1-8-10-19-14(21)9-11-18-12-13-20(16(2,3)4)15(22)23-17(5,6)7/h18H,8-13H2,1-7H3,(H,19,21). The molecule has 0 aliphatic carbocycles. The second kappa shape index (κ2) is 9.75. The van der Waals surface area contributed by atoms with Gasteiger partial charge < -0.3 is 20.3 Å². The van der Waals surface area contributed by atoms with E-state index < -0.39 is 5.60 Å². The summed E-state index contributed by atoms with van der Waals surface area (Å²) >= 11 is 0. The van der Waals surface area contributed by atoms with Crippen molar-refractivity contribution < 1.29 is 14.3 Å². The number of carbonyl (C=O) groups is 2. The molecule has 2 amide bonds. The molecule has 0 aliphatic rings. The molecule has 136 valence electrons. The second-order valence-corrected chi connectivity index (χ2v) is 7.65. The van der Waals surface area contributed by atoms with Crippen LogP contribution < -0.4 is 10.6 Å². The Balaban J connectivity index is 4.23. The highest BCUT2D eigenvalue weighted by Crippen LogP contribution is 2.17. The normalized spacial score (nSPS) is 12.0. The number of rotatable bonds is 8. The molecule has 0 fully saturated rings. The molecule has 0 aromatic carbocycles. The number of nitrogens with zero attached hydrogens (tertiary/aromatic N) is 1. The minimum Gasteiger partial charge on any atom is -0.444 e. The molecule has 0 saturated heterocycles. The fraction of sp³-hybridized carbons (Fsp3) is 0.882. The van der Waals surface area contributed by atoms with Gasteiger partial charge in [-0.2, -0.15) is 0 Å². The summed E-state index contributed by atoms with van der Waals surface area (Å²) < 4.78 is 5.46. The van der Waals surface area contributed by atoms with Crippen LogP contribution in [-0.4, -0.2) is 54.2 Å². The molecule has 0 atom stereocenters. The Labute approximate surface area is 141 Å². The molecular formula is C17H35N3O3. The first-order chi connectivity index (χ1) is 10.5. The highest BCUT2D eigenvalue weighted by atomic mass is 16.6. The molecular weight excluding hydrogens is 294 g/mol. The van der Waals surface area contributed by atoms with Gasteiger partial charge in [-0.3, -0.25) is 4.79 Å². The van der Waals surface area contributed by atoms with E-state index in [-0.39, 0.29) is 17.5 Å². The highest BCUT2D eigenvalue weighted by Gasteiger charge is 2.30. The molecule has 0 aromatic rings. The third kappa shape index (κ3) is 11.0. The summed E-state index contributed by atoms with van der Waals surface area (Å²) in [5.74, 6) is 0.0548. The van der Waals surface area contributed by atoms with Gasteiger partial charge in [-0.05, 0) is 48.0 Å². The minimum absolute atomic E-state index is 0.0548. The molecule has 0 saturated carbocycles. The monoisotopic (exact) mass is 329 g/mol. The van der Waals surface area contributed by atoms with Crippen LogP contribution in [0.3, 0.4) is 0 Å². The first-order valence-corrected chi connectivity index (χ1v) is 8.45. The van der Waals surface area contributed by atoms with Crippen molar-refractivity contribution in [3.8, 4) is 0 Å². The molecule has 2 N–H and O–H groups in total. The summed E-state index contributed by atoms with van der Waals surface area (Å²) in [4.78, 5) is 25.5. The van der Waals surface area contributed by atoms with Crippen LogP contribution in [0, 0.1) is 0 Å². The van der Waals surface area contributed by atoms with Gasteiger partial charge in [-0.1, -0.05) is 6.92 Å². The third-order valence-electron chi connectivity index (χ3n) is 3.04. The van der Waals surface area contributed by atoms with E-state index in [0.29, 0.717) is 26.1 Å². The van der Waals surface area contributed by atoms with Gasteiger partial charge >= 0.3 is 6.09 Å². The minimum atomic E-state index is -0.509. The average Bonchev–Trinajstić information content (AvgIpc) is 2.36. The lowest BCUT2D eigenvalue weighted by molar-refractivity contribution is -0.121. The lowest BCUT2D eigenvalue weighted by Gasteiger charge is -2.36. The quantitative estimate of drug-likeness (QED) is 0.671. The van der Waals surface area contributed by atoms with E-state index >= 15 is 0 Å². The molecule has 0 aliphatic heterocycles. The van der Waals surface area contributed by atoms with Crippen molar-refractivity contribution in [2.45, 2.75) is 72.4 Å². The predicted molar refractivity (Wildman–Crippen MR) is 93.5 cm³/mol. The van der Waals surface area contributed by atoms with Gasteiger partial charge in [0, 0.05) is 38.1 Å². The van der Waals surface area contributed by atoms with Gasteiger partial charge in [0.1, 0.15) is 5.60 Å². The number of hydrogen-bond donors (Lipinski definition) is 2. The molecule has 6 nitrogen and oxygen atoms in total. The number of nitrogens with one attached hydrogen (secondary N) is 2. The largest absolute Gasteiger partial charge is 0.444 e. The third-order valence-corrected chi connectivity index (χ3v) is 3.04. The molecule has 0 radical (unpaired) electrons. The van der Waals surface area contributed by atoms with Gasteiger partial charge in [0.2, 0.25) is 5.91 Å². The summed E-state index contributed by atoms with van der Waals surface area (Å²) in [5.41, 5.74) is -0.826. The molecule has 0 heterocycles. The van der Waals surface area contributed by atoms with Crippen molar-refractivity contribution in [2.24, 2.45) is 0 Å². The van der Waals surface area contributed by atoms with E-state index in [0.717, 1.165) is 13.0 Å². The Kier molecular flexibility index (Phi) is 9.20. The van der Waals surface area contributed by atoms with E-state index in [9.17, 15) is 9.59 Å². The summed E-state index contributed by atoms with van der Waals surface area (Å²) in [6, 6.07) is 0. The fourth-order valence-electron chi connectivity index (χ4n) is 1.89.